The van der Waals surface area contributed by atoms with Crippen LogP contribution in [0.25, 0.3) is 0 Å². The molecule has 0 aromatic heterocycles. The molecule has 1 aromatic carbocycles. The molecule has 88 valence electrons. The Morgan fingerprint density at radius 2 is 2.12 bits per heavy atom. The Morgan fingerprint density at radius 1 is 1.38 bits per heavy atom. The summed E-state index contributed by atoms with van der Waals surface area (Å²) >= 11 is 3.61. The van der Waals surface area contributed by atoms with E-state index in [1.165, 1.54) is 15.6 Å². The predicted molar refractivity (Wildman–Crippen MR) is 69.6 cm³/mol. The Hall–Kier alpha value is -0.380. The molecule has 2 nitrogen and oxygen atoms in total. The third-order valence-corrected chi connectivity index (χ3v) is 3.75. The second kappa shape index (κ2) is 5.80. The fourth-order valence-corrected chi connectivity index (χ4v) is 2.59. The summed E-state index contributed by atoms with van der Waals surface area (Å²) in [6.07, 6.45) is 2.26. The van der Waals surface area contributed by atoms with Crippen LogP contribution < -0.4 is 5.32 Å². The van der Waals surface area contributed by atoms with Crippen molar-refractivity contribution in [2.24, 2.45) is 0 Å². The molecule has 1 N–H and O–H groups in total. The van der Waals surface area contributed by atoms with E-state index in [0.717, 1.165) is 32.6 Å². The zero-order chi connectivity index (χ0) is 11.4. The van der Waals surface area contributed by atoms with Crippen LogP contribution in [0.3, 0.4) is 0 Å². The van der Waals surface area contributed by atoms with Crippen molar-refractivity contribution in [1.29, 1.82) is 0 Å². The molecule has 1 aromatic rings. The summed E-state index contributed by atoms with van der Waals surface area (Å²) in [5.74, 6) is 0. The first kappa shape index (κ1) is 12.1. The Balaban J connectivity index is 1.88. The number of halogens is 1. The molecule has 1 aliphatic heterocycles. The SMILES string of the molecule is Cc1ccc(CNC2CCOCC2)c(Br)c1. The van der Waals surface area contributed by atoms with Crippen molar-refractivity contribution >= 4 is 15.9 Å². The summed E-state index contributed by atoms with van der Waals surface area (Å²) in [6.45, 7) is 4.84. The average Bonchev–Trinajstić information content (AvgIpc) is 2.29. The predicted octanol–water partition coefficient (Wildman–Crippen LogP) is 3.03. The molecule has 16 heavy (non-hydrogen) atoms. The van der Waals surface area contributed by atoms with Crippen molar-refractivity contribution in [3.05, 3.63) is 33.8 Å². The van der Waals surface area contributed by atoms with Gasteiger partial charge in [0.2, 0.25) is 0 Å². The standard InChI is InChI=1S/C13H18BrNO/c1-10-2-3-11(13(14)8-10)9-15-12-4-6-16-7-5-12/h2-3,8,12,15H,4-7,9H2,1H3. The summed E-state index contributed by atoms with van der Waals surface area (Å²) < 4.78 is 6.54. The third-order valence-electron chi connectivity index (χ3n) is 3.01. The van der Waals surface area contributed by atoms with Crippen LogP contribution in [0, 0.1) is 6.92 Å². The highest BCUT2D eigenvalue weighted by Crippen LogP contribution is 2.18. The second-order valence-electron chi connectivity index (χ2n) is 4.36. The Labute approximate surface area is 106 Å². The van der Waals surface area contributed by atoms with E-state index in [0.29, 0.717) is 6.04 Å². The minimum Gasteiger partial charge on any atom is -0.381 e. The van der Waals surface area contributed by atoms with Crippen LogP contribution in [-0.4, -0.2) is 19.3 Å². The van der Waals surface area contributed by atoms with Gasteiger partial charge in [0, 0.05) is 30.3 Å². The molecule has 0 amide bonds. The van der Waals surface area contributed by atoms with Crippen LogP contribution in [0.4, 0.5) is 0 Å². The maximum absolute atomic E-state index is 5.34. The summed E-state index contributed by atoms with van der Waals surface area (Å²) in [4.78, 5) is 0. The zero-order valence-corrected chi connectivity index (χ0v) is 11.2. The van der Waals surface area contributed by atoms with Crippen molar-refractivity contribution in [3.63, 3.8) is 0 Å². The first-order chi connectivity index (χ1) is 7.75. The highest BCUT2D eigenvalue weighted by molar-refractivity contribution is 9.10. The molecule has 0 saturated carbocycles. The number of hydrogen-bond donors (Lipinski definition) is 1. The normalized spacial score (nSPS) is 17.6. The first-order valence-corrected chi connectivity index (χ1v) is 6.61. The van der Waals surface area contributed by atoms with E-state index in [9.17, 15) is 0 Å². The van der Waals surface area contributed by atoms with E-state index in [4.69, 9.17) is 4.74 Å². The number of hydrogen-bond acceptors (Lipinski definition) is 2. The van der Waals surface area contributed by atoms with Crippen LogP contribution >= 0.6 is 15.9 Å². The van der Waals surface area contributed by atoms with E-state index < -0.39 is 0 Å². The molecule has 2 rings (SSSR count). The molecule has 0 aliphatic carbocycles. The maximum Gasteiger partial charge on any atom is 0.0480 e. The molecule has 0 atom stereocenters. The Kier molecular flexibility index (Phi) is 4.38. The van der Waals surface area contributed by atoms with Crippen LogP contribution in [0.2, 0.25) is 0 Å². The molecular formula is C13H18BrNO. The fourth-order valence-electron chi connectivity index (χ4n) is 1.95. The number of ether oxygens (including phenoxy) is 1. The van der Waals surface area contributed by atoms with Crippen LogP contribution in [-0.2, 0) is 11.3 Å². The fraction of sp³-hybridized carbons (Fsp3) is 0.538. The molecule has 3 heteroatoms. The number of aryl methyl sites for hydroxylation is 1. The largest absolute Gasteiger partial charge is 0.381 e. The number of benzene rings is 1. The van der Waals surface area contributed by atoms with Gasteiger partial charge in [-0.2, -0.15) is 0 Å². The van der Waals surface area contributed by atoms with E-state index >= 15 is 0 Å². The third kappa shape index (κ3) is 3.30. The average molecular weight is 284 g/mol. The lowest BCUT2D eigenvalue weighted by Gasteiger charge is -2.23. The van der Waals surface area contributed by atoms with Crippen molar-refractivity contribution in [3.8, 4) is 0 Å². The summed E-state index contributed by atoms with van der Waals surface area (Å²) in [5, 5.41) is 3.59. The first-order valence-electron chi connectivity index (χ1n) is 5.82. The van der Waals surface area contributed by atoms with Gasteiger partial charge in [0.1, 0.15) is 0 Å². The van der Waals surface area contributed by atoms with Gasteiger partial charge in [-0.3, -0.25) is 0 Å². The van der Waals surface area contributed by atoms with Gasteiger partial charge in [-0.05, 0) is 37.0 Å². The monoisotopic (exact) mass is 283 g/mol. The van der Waals surface area contributed by atoms with E-state index in [1.807, 2.05) is 0 Å². The van der Waals surface area contributed by atoms with Gasteiger partial charge in [0.15, 0.2) is 0 Å². The minimum absolute atomic E-state index is 0.613. The second-order valence-corrected chi connectivity index (χ2v) is 5.22. The van der Waals surface area contributed by atoms with Gasteiger partial charge >= 0.3 is 0 Å². The molecule has 1 aliphatic rings. The lowest BCUT2D eigenvalue weighted by atomic mass is 10.1. The van der Waals surface area contributed by atoms with E-state index in [-0.39, 0.29) is 0 Å². The van der Waals surface area contributed by atoms with Crippen molar-refractivity contribution < 1.29 is 4.74 Å². The Bertz CT molecular complexity index is 348. The number of rotatable bonds is 3. The van der Waals surface area contributed by atoms with E-state index in [1.54, 1.807) is 0 Å². The molecular weight excluding hydrogens is 266 g/mol. The van der Waals surface area contributed by atoms with Gasteiger partial charge in [-0.15, -0.1) is 0 Å². The highest BCUT2D eigenvalue weighted by atomic mass is 79.9. The van der Waals surface area contributed by atoms with Gasteiger partial charge < -0.3 is 10.1 Å². The highest BCUT2D eigenvalue weighted by Gasteiger charge is 2.13. The molecule has 0 spiro atoms. The van der Waals surface area contributed by atoms with Gasteiger partial charge in [-0.25, -0.2) is 0 Å². The molecule has 0 bridgehead atoms. The maximum atomic E-state index is 5.34. The lowest BCUT2D eigenvalue weighted by Crippen LogP contribution is -2.34. The molecule has 0 unspecified atom stereocenters. The van der Waals surface area contributed by atoms with Crippen LogP contribution in [0.15, 0.2) is 22.7 Å². The van der Waals surface area contributed by atoms with E-state index in [2.05, 4.69) is 46.4 Å². The van der Waals surface area contributed by atoms with Crippen LogP contribution in [0.5, 0.6) is 0 Å². The van der Waals surface area contributed by atoms with Gasteiger partial charge in [0.25, 0.3) is 0 Å². The summed E-state index contributed by atoms with van der Waals surface area (Å²) in [7, 11) is 0. The zero-order valence-electron chi connectivity index (χ0n) is 9.63. The topological polar surface area (TPSA) is 21.3 Å². The number of nitrogens with one attached hydrogen (secondary N) is 1. The van der Waals surface area contributed by atoms with Crippen molar-refractivity contribution in [1.82, 2.24) is 5.32 Å². The molecule has 0 radical (unpaired) electrons. The summed E-state index contributed by atoms with van der Waals surface area (Å²) in [5.41, 5.74) is 2.62. The minimum atomic E-state index is 0.613. The van der Waals surface area contributed by atoms with Crippen molar-refractivity contribution in [2.75, 3.05) is 13.2 Å². The summed E-state index contributed by atoms with van der Waals surface area (Å²) in [6, 6.07) is 7.13. The van der Waals surface area contributed by atoms with Crippen molar-refractivity contribution in [2.45, 2.75) is 32.4 Å². The van der Waals surface area contributed by atoms with Gasteiger partial charge in [-0.1, -0.05) is 28.1 Å². The lowest BCUT2D eigenvalue weighted by molar-refractivity contribution is 0.0776. The van der Waals surface area contributed by atoms with Gasteiger partial charge in [0.05, 0.1) is 0 Å². The molecule has 1 saturated heterocycles. The Morgan fingerprint density at radius 3 is 2.81 bits per heavy atom. The molecule has 1 heterocycles. The molecule has 1 fully saturated rings. The quantitative estimate of drug-likeness (QED) is 0.921. The van der Waals surface area contributed by atoms with Crippen LogP contribution in [0.1, 0.15) is 24.0 Å². The smallest absolute Gasteiger partial charge is 0.0480 e.